The van der Waals surface area contributed by atoms with Gasteiger partial charge in [0.05, 0.1) is 25.9 Å². The average molecular weight is 425 g/mol. The Labute approximate surface area is 183 Å². The zero-order chi connectivity index (χ0) is 21.6. The molecule has 1 aromatic carbocycles. The minimum Gasteiger partial charge on any atom is -0.370 e. The van der Waals surface area contributed by atoms with Gasteiger partial charge in [-0.1, -0.05) is 18.6 Å². The van der Waals surface area contributed by atoms with Crippen LogP contribution in [0, 0.1) is 5.92 Å². The predicted octanol–water partition coefficient (Wildman–Crippen LogP) is 2.70. The highest BCUT2D eigenvalue weighted by atomic mass is 16.5. The molecule has 0 radical (unpaired) electrons. The van der Waals surface area contributed by atoms with E-state index in [9.17, 15) is 4.79 Å². The number of ether oxygens (including phenoxy) is 1. The van der Waals surface area contributed by atoms with Crippen LogP contribution >= 0.6 is 0 Å². The average Bonchev–Trinajstić information content (AvgIpc) is 3.16. The van der Waals surface area contributed by atoms with Crippen molar-refractivity contribution in [1.82, 2.24) is 20.0 Å². The molecule has 2 heterocycles. The SMILES string of the molecule is CCNC(=NCc1cccc(NC(=O)C2CCC2)c1)N1CCOC(c2cnn(C)c2)C1. The fraction of sp³-hybridized carbons (Fsp3) is 0.522. The first-order chi connectivity index (χ1) is 15.1. The zero-order valence-electron chi connectivity index (χ0n) is 18.4. The highest BCUT2D eigenvalue weighted by Crippen LogP contribution is 2.27. The second-order valence-corrected chi connectivity index (χ2v) is 8.24. The van der Waals surface area contributed by atoms with Crippen LogP contribution in [0.3, 0.4) is 0 Å². The Balaban J connectivity index is 1.41. The van der Waals surface area contributed by atoms with Crippen LogP contribution in [0.25, 0.3) is 0 Å². The molecule has 1 aliphatic carbocycles. The third kappa shape index (κ3) is 5.44. The standard InChI is InChI=1S/C23H32N6O2/c1-3-24-23(29-10-11-31-21(16-29)19-14-26-28(2)15-19)25-13-17-6-4-9-20(12-17)27-22(30)18-7-5-8-18/h4,6,9,12,14-15,18,21H,3,5,7-8,10-11,13,16H2,1-2H3,(H,24,25)(H,27,30). The van der Waals surface area contributed by atoms with Crippen molar-refractivity contribution in [3.8, 4) is 0 Å². The van der Waals surface area contributed by atoms with E-state index in [-0.39, 0.29) is 17.9 Å². The smallest absolute Gasteiger partial charge is 0.227 e. The van der Waals surface area contributed by atoms with Gasteiger partial charge in [-0.2, -0.15) is 5.10 Å². The number of nitrogens with one attached hydrogen (secondary N) is 2. The Morgan fingerprint density at radius 2 is 2.23 bits per heavy atom. The molecule has 2 aliphatic rings. The molecule has 166 valence electrons. The lowest BCUT2D eigenvalue weighted by molar-refractivity contribution is -0.122. The third-order valence-electron chi connectivity index (χ3n) is 5.88. The largest absolute Gasteiger partial charge is 0.370 e. The minimum atomic E-state index is -0.0173. The summed E-state index contributed by atoms with van der Waals surface area (Å²) in [7, 11) is 1.92. The molecule has 0 bridgehead atoms. The van der Waals surface area contributed by atoms with Crippen molar-refractivity contribution in [3.05, 3.63) is 47.8 Å². The van der Waals surface area contributed by atoms with Gasteiger partial charge in [0.25, 0.3) is 0 Å². The number of morpholine rings is 1. The van der Waals surface area contributed by atoms with Crippen molar-refractivity contribution in [2.24, 2.45) is 18.0 Å². The van der Waals surface area contributed by atoms with E-state index < -0.39 is 0 Å². The lowest BCUT2D eigenvalue weighted by atomic mass is 9.85. The van der Waals surface area contributed by atoms with Crippen molar-refractivity contribution >= 4 is 17.6 Å². The van der Waals surface area contributed by atoms with E-state index in [1.807, 2.05) is 43.7 Å². The highest BCUT2D eigenvalue weighted by molar-refractivity contribution is 5.93. The number of carbonyl (C=O) groups excluding carboxylic acids is 1. The molecule has 2 N–H and O–H groups in total. The van der Waals surface area contributed by atoms with Gasteiger partial charge in [0.15, 0.2) is 5.96 Å². The number of nitrogens with zero attached hydrogens (tertiary/aromatic N) is 4. The van der Waals surface area contributed by atoms with Crippen LogP contribution in [0.1, 0.15) is 43.4 Å². The maximum absolute atomic E-state index is 12.2. The van der Waals surface area contributed by atoms with E-state index in [0.717, 1.165) is 61.7 Å². The van der Waals surface area contributed by atoms with Gasteiger partial charge < -0.3 is 20.3 Å². The summed E-state index contributed by atoms with van der Waals surface area (Å²) in [5.74, 6) is 1.19. The van der Waals surface area contributed by atoms with Crippen LogP contribution < -0.4 is 10.6 Å². The summed E-state index contributed by atoms with van der Waals surface area (Å²) in [5, 5.41) is 10.7. The molecule has 4 rings (SSSR count). The highest BCUT2D eigenvalue weighted by Gasteiger charge is 2.26. The fourth-order valence-corrected chi connectivity index (χ4v) is 3.90. The van der Waals surface area contributed by atoms with E-state index in [0.29, 0.717) is 13.2 Å². The fourth-order valence-electron chi connectivity index (χ4n) is 3.90. The first-order valence-corrected chi connectivity index (χ1v) is 11.2. The summed E-state index contributed by atoms with van der Waals surface area (Å²) in [6.45, 7) is 5.59. The van der Waals surface area contributed by atoms with Crippen LogP contribution in [-0.2, 0) is 23.1 Å². The molecule has 0 spiro atoms. The summed E-state index contributed by atoms with van der Waals surface area (Å²) in [6, 6.07) is 7.97. The number of anilines is 1. The molecule has 1 aromatic heterocycles. The Hall–Kier alpha value is -2.87. The number of amides is 1. The van der Waals surface area contributed by atoms with Crippen molar-refractivity contribution in [2.45, 2.75) is 38.8 Å². The maximum Gasteiger partial charge on any atom is 0.227 e. The second-order valence-electron chi connectivity index (χ2n) is 8.24. The minimum absolute atomic E-state index is 0.0173. The van der Waals surface area contributed by atoms with Crippen LogP contribution in [0.4, 0.5) is 5.69 Å². The molecule has 2 aromatic rings. The molecule has 1 aliphatic heterocycles. The number of aryl methyl sites for hydroxylation is 1. The molecule has 1 saturated heterocycles. The van der Waals surface area contributed by atoms with Gasteiger partial charge in [-0.25, -0.2) is 4.99 Å². The van der Waals surface area contributed by atoms with Crippen LogP contribution in [0.2, 0.25) is 0 Å². The number of rotatable bonds is 6. The van der Waals surface area contributed by atoms with Crippen LogP contribution in [-0.4, -0.2) is 52.8 Å². The van der Waals surface area contributed by atoms with Gasteiger partial charge in [0.2, 0.25) is 5.91 Å². The monoisotopic (exact) mass is 424 g/mol. The molecule has 8 heteroatoms. The van der Waals surface area contributed by atoms with Gasteiger partial charge in [-0.3, -0.25) is 9.48 Å². The predicted molar refractivity (Wildman–Crippen MR) is 121 cm³/mol. The lowest BCUT2D eigenvalue weighted by Crippen LogP contribution is -2.48. The Morgan fingerprint density at radius 3 is 2.94 bits per heavy atom. The number of carbonyl (C=O) groups is 1. The van der Waals surface area contributed by atoms with Crippen molar-refractivity contribution in [3.63, 3.8) is 0 Å². The van der Waals surface area contributed by atoms with Crippen LogP contribution in [0.15, 0.2) is 41.7 Å². The number of hydrogen-bond acceptors (Lipinski definition) is 4. The van der Waals surface area contributed by atoms with Gasteiger partial charge in [-0.15, -0.1) is 0 Å². The maximum atomic E-state index is 12.2. The molecule has 8 nitrogen and oxygen atoms in total. The molecule has 2 fully saturated rings. The topological polar surface area (TPSA) is 83.8 Å². The van der Waals surface area contributed by atoms with Crippen molar-refractivity contribution in [1.29, 1.82) is 0 Å². The normalized spacial score (nSPS) is 19.7. The Bertz CT molecular complexity index is 920. The summed E-state index contributed by atoms with van der Waals surface area (Å²) in [6.07, 6.45) is 7.01. The Kier molecular flexibility index (Phi) is 6.86. The van der Waals surface area contributed by atoms with E-state index in [1.54, 1.807) is 4.68 Å². The summed E-state index contributed by atoms with van der Waals surface area (Å²) >= 11 is 0. The molecule has 31 heavy (non-hydrogen) atoms. The van der Waals surface area contributed by atoms with Crippen LogP contribution in [0.5, 0.6) is 0 Å². The number of benzene rings is 1. The summed E-state index contributed by atoms with van der Waals surface area (Å²) < 4.78 is 7.77. The van der Waals surface area contributed by atoms with E-state index >= 15 is 0 Å². The van der Waals surface area contributed by atoms with E-state index in [2.05, 4.69) is 27.6 Å². The molecular formula is C23H32N6O2. The molecule has 1 atom stereocenters. The summed E-state index contributed by atoms with van der Waals surface area (Å²) in [4.78, 5) is 19.3. The summed E-state index contributed by atoms with van der Waals surface area (Å²) in [5.41, 5.74) is 2.99. The first kappa shape index (κ1) is 21.4. The molecular weight excluding hydrogens is 392 g/mol. The Morgan fingerprint density at radius 1 is 1.35 bits per heavy atom. The first-order valence-electron chi connectivity index (χ1n) is 11.2. The van der Waals surface area contributed by atoms with Gasteiger partial charge in [0.1, 0.15) is 6.10 Å². The number of aliphatic imine (C=N–C) groups is 1. The van der Waals surface area contributed by atoms with E-state index in [1.165, 1.54) is 0 Å². The molecule has 1 saturated carbocycles. The number of hydrogen-bond donors (Lipinski definition) is 2. The van der Waals surface area contributed by atoms with Gasteiger partial charge >= 0.3 is 0 Å². The van der Waals surface area contributed by atoms with Crippen molar-refractivity contribution in [2.75, 3.05) is 31.6 Å². The zero-order valence-corrected chi connectivity index (χ0v) is 18.4. The number of guanidine groups is 1. The molecule has 1 unspecified atom stereocenters. The van der Waals surface area contributed by atoms with Crippen molar-refractivity contribution < 1.29 is 9.53 Å². The lowest BCUT2D eigenvalue weighted by Gasteiger charge is -2.34. The quantitative estimate of drug-likeness (QED) is 0.550. The van der Waals surface area contributed by atoms with Gasteiger partial charge in [0, 0.05) is 43.5 Å². The second kappa shape index (κ2) is 9.96. The number of aromatic nitrogens is 2. The van der Waals surface area contributed by atoms with E-state index in [4.69, 9.17) is 9.73 Å². The molecule has 1 amide bonds. The van der Waals surface area contributed by atoms with Gasteiger partial charge in [-0.05, 0) is 37.5 Å². The third-order valence-corrected chi connectivity index (χ3v) is 5.88.